The van der Waals surface area contributed by atoms with Gasteiger partial charge in [0.05, 0.1) is 12.7 Å². The van der Waals surface area contributed by atoms with Gasteiger partial charge in [0.2, 0.25) is 5.88 Å². The van der Waals surface area contributed by atoms with Crippen LogP contribution < -0.4 is 10.5 Å². The first kappa shape index (κ1) is 14.0. The van der Waals surface area contributed by atoms with Crippen LogP contribution in [0.5, 0.6) is 5.88 Å². The SMILES string of the molecule is COc1ncc(C(F)(F)F)cc1CN.Cl. The molecule has 0 aliphatic rings. The Hall–Kier alpha value is -1.01. The molecule has 0 aromatic carbocycles. The molecule has 0 saturated carbocycles. The van der Waals surface area contributed by atoms with E-state index in [1.165, 1.54) is 7.11 Å². The van der Waals surface area contributed by atoms with E-state index in [0.717, 1.165) is 12.3 Å². The Morgan fingerprint density at radius 3 is 2.47 bits per heavy atom. The van der Waals surface area contributed by atoms with Crippen LogP contribution in [0.25, 0.3) is 0 Å². The van der Waals surface area contributed by atoms with E-state index in [1.807, 2.05) is 0 Å². The van der Waals surface area contributed by atoms with E-state index >= 15 is 0 Å². The fourth-order valence-electron chi connectivity index (χ4n) is 0.983. The lowest BCUT2D eigenvalue weighted by Crippen LogP contribution is -2.09. The van der Waals surface area contributed by atoms with Crippen molar-refractivity contribution in [2.45, 2.75) is 12.7 Å². The maximum Gasteiger partial charge on any atom is 0.417 e. The first-order chi connectivity index (χ1) is 6.49. The molecule has 1 heterocycles. The number of hydrogen-bond acceptors (Lipinski definition) is 3. The van der Waals surface area contributed by atoms with Crippen molar-refractivity contribution >= 4 is 12.4 Å². The Labute approximate surface area is 90.8 Å². The molecule has 1 rings (SSSR count). The van der Waals surface area contributed by atoms with Crippen LogP contribution in [0.1, 0.15) is 11.1 Å². The number of rotatable bonds is 2. The van der Waals surface area contributed by atoms with Crippen LogP contribution in [0.3, 0.4) is 0 Å². The van der Waals surface area contributed by atoms with E-state index in [4.69, 9.17) is 10.5 Å². The van der Waals surface area contributed by atoms with Gasteiger partial charge in [-0.1, -0.05) is 0 Å². The Balaban J connectivity index is 0.00000196. The van der Waals surface area contributed by atoms with Crippen LogP contribution in [0.2, 0.25) is 0 Å². The third-order valence-corrected chi connectivity index (χ3v) is 1.67. The third-order valence-electron chi connectivity index (χ3n) is 1.67. The van der Waals surface area contributed by atoms with Gasteiger partial charge in [-0.25, -0.2) is 4.98 Å². The number of nitrogens with two attached hydrogens (primary N) is 1. The summed E-state index contributed by atoms with van der Waals surface area (Å²) >= 11 is 0. The second-order valence-corrected chi connectivity index (χ2v) is 2.59. The summed E-state index contributed by atoms with van der Waals surface area (Å²) in [4.78, 5) is 3.51. The summed E-state index contributed by atoms with van der Waals surface area (Å²) in [6, 6.07) is 0.936. The Morgan fingerprint density at radius 1 is 1.47 bits per heavy atom. The molecule has 0 radical (unpaired) electrons. The smallest absolute Gasteiger partial charge is 0.417 e. The van der Waals surface area contributed by atoms with Gasteiger partial charge in [-0.3, -0.25) is 0 Å². The number of hydrogen-bond donors (Lipinski definition) is 1. The van der Waals surface area contributed by atoms with Gasteiger partial charge in [0.15, 0.2) is 0 Å². The molecule has 0 atom stereocenters. The number of ether oxygens (including phenoxy) is 1. The zero-order valence-corrected chi connectivity index (χ0v) is 8.65. The molecule has 0 aliphatic heterocycles. The topological polar surface area (TPSA) is 48.1 Å². The highest BCUT2D eigenvalue weighted by Gasteiger charge is 2.31. The summed E-state index contributed by atoms with van der Waals surface area (Å²) in [5, 5.41) is 0. The minimum atomic E-state index is -4.40. The zero-order chi connectivity index (χ0) is 10.8. The molecule has 0 fully saturated rings. The molecule has 0 saturated heterocycles. The molecule has 1 aromatic rings. The molecule has 7 heteroatoms. The van der Waals surface area contributed by atoms with E-state index in [9.17, 15) is 13.2 Å². The fourth-order valence-corrected chi connectivity index (χ4v) is 0.983. The summed E-state index contributed by atoms with van der Waals surface area (Å²) in [5.74, 6) is 0.125. The zero-order valence-electron chi connectivity index (χ0n) is 7.84. The predicted molar refractivity (Wildman–Crippen MR) is 50.9 cm³/mol. The average molecular weight is 243 g/mol. The maximum atomic E-state index is 12.2. The van der Waals surface area contributed by atoms with Gasteiger partial charge >= 0.3 is 6.18 Å². The van der Waals surface area contributed by atoms with E-state index in [2.05, 4.69) is 4.98 Å². The van der Waals surface area contributed by atoms with Gasteiger partial charge in [-0.2, -0.15) is 13.2 Å². The highest BCUT2D eigenvalue weighted by Crippen LogP contribution is 2.30. The number of halogens is 4. The number of pyridine rings is 1. The van der Waals surface area contributed by atoms with Gasteiger partial charge < -0.3 is 10.5 Å². The van der Waals surface area contributed by atoms with Crippen LogP contribution in [0, 0.1) is 0 Å². The maximum absolute atomic E-state index is 12.2. The molecular weight excluding hydrogens is 233 g/mol. The summed E-state index contributed by atoms with van der Waals surface area (Å²) in [6.45, 7) is -0.0416. The summed E-state index contributed by atoms with van der Waals surface area (Å²) in [5.41, 5.74) is 4.67. The summed E-state index contributed by atoms with van der Waals surface area (Å²) in [6.07, 6.45) is -3.68. The highest BCUT2D eigenvalue weighted by molar-refractivity contribution is 5.85. The number of nitrogens with zero attached hydrogens (tertiary/aromatic N) is 1. The molecule has 0 aliphatic carbocycles. The van der Waals surface area contributed by atoms with E-state index < -0.39 is 11.7 Å². The van der Waals surface area contributed by atoms with Gasteiger partial charge in [0.1, 0.15) is 0 Å². The Kier molecular flexibility index (Phi) is 4.83. The Bertz CT molecular complexity index is 330. The normalized spacial score (nSPS) is 10.7. The van der Waals surface area contributed by atoms with Crippen LogP contribution in [0.4, 0.5) is 13.2 Å². The highest BCUT2D eigenvalue weighted by atomic mass is 35.5. The largest absolute Gasteiger partial charge is 0.481 e. The molecule has 15 heavy (non-hydrogen) atoms. The van der Waals surface area contributed by atoms with Gasteiger partial charge in [0.25, 0.3) is 0 Å². The van der Waals surface area contributed by atoms with Crippen molar-refractivity contribution in [2.24, 2.45) is 5.73 Å². The van der Waals surface area contributed by atoms with Gasteiger partial charge in [-0.05, 0) is 6.07 Å². The van der Waals surface area contributed by atoms with Gasteiger partial charge in [-0.15, -0.1) is 12.4 Å². The van der Waals surface area contributed by atoms with Crippen molar-refractivity contribution in [3.8, 4) is 5.88 Å². The molecule has 0 unspecified atom stereocenters. The van der Waals surface area contributed by atoms with Crippen molar-refractivity contribution in [2.75, 3.05) is 7.11 Å². The summed E-state index contributed by atoms with van der Waals surface area (Å²) in [7, 11) is 1.33. The first-order valence-corrected chi connectivity index (χ1v) is 3.79. The van der Waals surface area contributed by atoms with Crippen molar-refractivity contribution in [3.05, 3.63) is 23.4 Å². The number of alkyl halides is 3. The van der Waals surface area contributed by atoms with Crippen molar-refractivity contribution in [3.63, 3.8) is 0 Å². The van der Waals surface area contributed by atoms with E-state index in [0.29, 0.717) is 0 Å². The van der Waals surface area contributed by atoms with Crippen LogP contribution in [-0.4, -0.2) is 12.1 Å². The van der Waals surface area contributed by atoms with Crippen LogP contribution in [-0.2, 0) is 12.7 Å². The molecule has 0 amide bonds. The molecular formula is C8H10ClF3N2O. The molecule has 0 spiro atoms. The number of aromatic nitrogens is 1. The lowest BCUT2D eigenvalue weighted by atomic mass is 10.2. The molecule has 3 nitrogen and oxygen atoms in total. The minimum absolute atomic E-state index is 0. The first-order valence-electron chi connectivity index (χ1n) is 3.79. The van der Waals surface area contributed by atoms with Crippen molar-refractivity contribution < 1.29 is 17.9 Å². The monoisotopic (exact) mass is 242 g/mol. The summed E-state index contributed by atoms with van der Waals surface area (Å²) < 4.78 is 41.4. The third kappa shape index (κ3) is 3.24. The molecule has 1 aromatic heterocycles. The van der Waals surface area contributed by atoms with Gasteiger partial charge in [0, 0.05) is 18.3 Å². The Morgan fingerprint density at radius 2 is 2.07 bits per heavy atom. The standard InChI is InChI=1S/C8H9F3N2O.ClH/c1-14-7-5(3-12)2-6(4-13-7)8(9,10)11;/h2,4H,3,12H2,1H3;1H. The van der Waals surface area contributed by atoms with E-state index in [-0.39, 0.29) is 30.4 Å². The lowest BCUT2D eigenvalue weighted by molar-refractivity contribution is -0.137. The fraction of sp³-hybridized carbons (Fsp3) is 0.375. The quantitative estimate of drug-likeness (QED) is 0.863. The van der Waals surface area contributed by atoms with Crippen molar-refractivity contribution in [1.29, 1.82) is 0 Å². The number of methoxy groups -OCH3 is 1. The second kappa shape index (κ2) is 5.18. The van der Waals surface area contributed by atoms with E-state index in [1.54, 1.807) is 0 Å². The predicted octanol–water partition coefficient (Wildman–Crippen LogP) is 1.99. The molecule has 86 valence electrons. The lowest BCUT2D eigenvalue weighted by Gasteiger charge is -2.10. The molecule has 0 bridgehead atoms. The van der Waals surface area contributed by atoms with Crippen LogP contribution in [0.15, 0.2) is 12.3 Å². The molecule has 2 N–H and O–H groups in total. The second-order valence-electron chi connectivity index (χ2n) is 2.59. The van der Waals surface area contributed by atoms with Crippen LogP contribution >= 0.6 is 12.4 Å². The van der Waals surface area contributed by atoms with Crippen molar-refractivity contribution in [1.82, 2.24) is 4.98 Å². The average Bonchev–Trinajstić information content (AvgIpc) is 2.15. The minimum Gasteiger partial charge on any atom is -0.481 e.